The van der Waals surface area contributed by atoms with E-state index in [1.807, 2.05) is 25.1 Å². The van der Waals surface area contributed by atoms with Crippen LogP contribution in [0.1, 0.15) is 11.1 Å². The second kappa shape index (κ2) is 5.43. The lowest BCUT2D eigenvalue weighted by atomic mass is 10.1. The number of thiophene rings is 1. The molecule has 0 saturated heterocycles. The van der Waals surface area contributed by atoms with Crippen molar-refractivity contribution in [2.24, 2.45) is 0 Å². The van der Waals surface area contributed by atoms with E-state index in [0.717, 1.165) is 22.2 Å². The standard InChI is InChI=1S/C16H14N2OS/c1-11-6-7-17-9-14(11)18-16(19)8-12-10-20-15-5-3-2-4-13(12)15/h2-7,9-10H,8H2,1H3,(H,18,19). The predicted octanol–water partition coefficient (Wildman–Crippen LogP) is 3.79. The number of rotatable bonds is 3. The maximum atomic E-state index is 12.1. The van der Waals surface area contributed by atoms with Gasteiger partial charge in [-0.2, -0.15) is 0 Å². The molecule has 0 spiro atoms. The monoisotopic (exact) mass is 282 g/mol. The Morgan fingerprint density at radius 1 is 1.30 bits per heavy atom. The van der Waals surface area contributed by atoms with Gasteiger partial charge in [0.2, 0.25) is 5.91 Å². The van der Waals surface area contributed by atoms with Crippen LogP contribution in [0, 0.1) is 6.92 Å². The van der Waals surface area contributed by atoms with Gasteiger partial charge >= 0.3 is 0 Å². The van der Waals surface area contributed by atoms with Crippen LogP contribution in [-0.2, 0) is 11.2 Å². The maximum absolute atomic E-state index is 12.1. The Morgan fingerprint density at radius 3 is 3.00 bits per heavy atom. The van der Waals surface area contributed by atoms with Crippen LogP contribution in [0.4, 0.5) is 5.69 Å². The first-order valence-electron chi connectivity index (χ1n) is 6.39. The third-order valence-corrected chi connectivity index (χ3v) is 4.24. The van der Waals surface area contributed by atoms with Crippen LogP contribution < -0.4 is 5.32 Å². The highest BCUT2D eigenvalue weighted by Crippen LogP contribution is 2.26. The summed E-state index contributed by atoms with van der Waals surface area (Å²) < 4.78 is 1.22. The molecule has 0 aliphatic rings. The molecule has 0 bridgehead atoms. The van der Waals surface area contributed by atoms with Gasteiger partial charge in [0.15, 0.2) is 0 Å². The fourth-order valence-corrected chi connectivity index (χ4v) is 3.09. The van der Waals surface area contributed by atoms with E-state index in [1.54, 1.807) is 23.7 Å². The molecule has 0 aliphatic heterocycles. The molecule has 0 radical (unpaired) electrons. The third-order valence-electron chi connectivity index (χ3n) is 3.23. The number of hydrogen-bond acceptors (Lipinski definition) is 3. The average Bonchev–Trinajstić information content (AvgIpc) is 2.85. The van der Waals surface area contributed by atoms with E-state index in [-0.39, 0.29) is 5.91 Å². The number of carbonyl (C=O) groups excluding carboxylic acids is 1. The van der Waals surface area contributed by atoms with E-state index in [9.17, 15) is 4.79 Å². The van der Waals surface area contributed by atoms with Crippen molar-refractivity contribution in [2.45, 2.75) is 13.3 Å². The topological polar surface area (TPSA) is 42.0 Å². The predicted molar refractivity (Wildman–Crippen MR) is 83.1 cm³/mol. The smallest absolute Gasteiger partial charge is 0.228 e. The van der Waals surface area contributed by atoms with Gasteiger partial charge < -0.3 is 5.32 Å². The van der Waals surface area contributed by atoms with Gasteiger partial charge in [-0.15, -0.1) is 11.3 Å². The summed E-state index contributed by atoms with van der Waals surface area (Å²) in [6.07, 6.45) is 3.79. The quantitative estimate of drug-likeness (QED) is 0.794. The van der Waals surface area contributed by atoms with Crippen LogP contribution in [0.15, 0.2) is 48.1 Å². The normalized spacial score (nSPS) is 10.7. The van der Waals surface area contributed by atoms with E-state index in [1.165, 1.54) is 4.70 Å². The molecule has 0 saturated carbocycles. The SMILES string of the molecule is Cc1ccncc1NC(=O)Cc1csc2ccccc12. The van der Waals surface area contributed by atoms with E-state index >= 15 is 0 Å². The summed E-state index contributed by atoms with van der Waals surface area (Å²) >= 11 is 1.67. The Labute approximate surface area is 121 Å². The molecule has 3 aromatic rings. The van der Waals surface area contributed by atoms with Crippen molar-refractivity contribution in [2.75, 3.05) is 5.32 Å². The highest BCUT2D eigenvalue weighted by molar-refractivity contribution is 7.17. The van der Waals surface area contributed by atoms with E-state index in [2.05, 4.69) is 27.8 Å². The average molecular weight is 282 g/mol. The van der Waals surface area contributed by atoms with Crippen LogP contribution in [0.25, 0.3) is 10.1 Å². The number of hydrogen-bond donors (Lipinski definition) is 1. The van der Waals surface area contributed by atoms with E-state index < -0.39 is 0 Å². The molecule has 0 unspecified atom stereocenters. The number of amides is 1. The molecule has 4 heteroatoms. The Bertz CT molecular complexity index is 764. The molecule has 3 rings (SSSR count). The molecule has 3 nitrogen and oxygen atoms in total. The first kappa shape index (κ1) is 12.8. The van der Waals surface area contributed by atoms with Crippen molar-refractivity contribution in [3.8, 4) is 0 Å². The summed E-state index contributed by atoms with van der Waals surface area (Å²) in [5.41, 5.74) is 2.87. The van der Waals surface area contributed by atoms with Gasteiger partial charge in [-0.3, -0.25) is 9.78 Å². The number of pyridine rings is 1. The summed E-state index contributed by atoms with van der Waals surface area (Å²) in [4.78, 5) is 16.2. The number of aryl methyl sites for hydroxylation is 1. The fourth-order valence-electron chi connectivity index (χ4n) is 2.13. The molecular formula is C16H14N2OS. The first-order chi connectivity index (χ1) is 9.74. The molecule has 20 heavy (non-hydrogen) atoms. The van der Waals surface area contributed by atoms with Crippen LogP contribution in [0.2, 0.25) is 0 Å². The zero-order valence-electron chi connectivity index (χ0n) is 11.1. The molecule has 100 valence electrons. The van der Waals surface area contributed by atoms with Crippen molar-refractivity contribution < 1.29 is 4.79 Å². The van der Waals surface area contributed by atoms with Gasteiger partial charge in [-0.1, -0.05) is 18.2 Å². The van der Waals surface area contributed by atoms with Gasteiger partial charge in [0, 0.05) is 10.9 Å². The number of benzene rings is 1. The summed E-state index contributed by atoms with van der Waals surface area (Å²) in [5, 5.41) is 6.13. The van der Waals surface area contributed by atoms with Crippen LogP contribution >= 0.6 is 11.3 Å². The van der Waals surface area contributed by atoms with Crippen LogP contribution in [-0.4, -0.2) is 10.9 Å². The Morgan fingerprint density at radius 2 is 2.15 bits per heavy atom. The minimum atomic E-state index is -0.00958. The number of anilines is 1. The molecule has 2 aromatic heterocycles. The zero-order valence-corrected chi connectivity index (χ0v) is 11.9. The Hall–Kier alpha value is -2.20. The molecule has 0 aliphatic carbocycles. The summed E-state index contributed by atoms with van der Waals surface area (Å²) in [6, 6.07) is 10.0. The van der Waals surface area contributed by atoms with Crippen LogP contribution in [0.3, 0.4) is 0 Å². The van der Waals surface area contributed by atoms with E-state index in [4.69, 9.17) is 0 Å². The van der Waals surface area contributed by atoms with Gasteiger partial charge in [-0.25, -0.2) is 0 Å². The molecule has 0 fully saturated rings. The number of aromatic nitrogens is 1. The second-order valence-corrected chi connectivity index (χ2v) is 5.58. The molecular weight excluding hydrogens is 268 g/mol. The zero-order chi connectivity index (χ0) is 13.9. The molecule has 0 atom stereocenters. The fraction of sp³-hybridized carbons (Fsp3) is 0.125. The molecule has 1 amide bonds. The molecule has 1 aromatic carbocycles. The first-order valence-corrected chi connectivity index (χ1v) is 7.27. The van der Waals surface area contributed by atoms with Gasteiger partial charge in [0.1, 0.15) is 0 Å². The number of nitrogens with zero attached hydrogens (tertiary/aromatic N) is 1. The van der Waals surface area contributed by atoms with Crippen molar-refractivity contribution in [1.82, 2.24) is 4.98 Å². The molecule has 2 heterocycles. The van der Waals surface area contributed by atoms with Gasteiger partial charge in [-0.05, 0) is 40.9 Å². The molecule has 1 N–H and O–H groups in total. The summed E-state index contributed by atoms with van der Waals surface area (Å²) in [5.74, 6) is -0.00958. The summed E-state index contributed by atoms with van der Waals surface area (Å²) in [7, 11) is 0. The van der Waals surface area contributed by atoms with Gasteiger partial charge in [0.05, 0.1) is 18.3 Å². The largest absolute Gasteiger partial charge is 0.324 e. The van der Waals surface area contributed by atoms with E-state index in [0.29, 0.717) is 6.42 Å². The van der Waals surface area contributed by atoms with Crippen molar-refractivity contribution in [3.05, 3.63) is 59.2 Å². The minimum absolute atomic E-state index is 0.00958. The van der Waals surface area contributed by atoms with Crippen molar-refractivity contribution >= 4 is 33.0 Å². The minimum Gasteiger partial charge on any atom is -0.324 e. The summed E-state index contributed by atoms with van der Waals surface area (Å²) in [6.45, 7) is 1.96. The lowest BCUT2D eigenvalue weighted by molar-refractivity contribution is -0.115. The number of carbonyl (C=O) groups is 1. The lowest BCUT2D eigenvalue weighted by Gasteiger charge is -2.07. The highest BCUT2D eigenvalue weighted by atomic mass is 32.1. The Balaban J connectivity index is 1.78. The second-order valence-electron chi connectivity index (χ2n) is 4.67. The van der Waals surface area contributed by atoms with Crippen LogP contribution in [0.5, 0.6) is 0 Å². The lowest BCUT2D eigenvalue weighted by Crippen LogP contribution is -2.15. The highest BCUT2D eigenvalue weighted by Gasteiger charge is 2.09. The number of nitrogens with one attached hydrogen (secondary N) is 1. The maximum Gasteiger partial charge on any atom is 0.228 e. The van der Waals surface area contributed by atoms with Crippen molar-refractivity contribution in [1.29, 1.82) is 0 Å². The van der Waals surface area contributed by atoms with Gasteiger partial charge in [0.25, 0.3) is 0 Å². The Kier molecular flexibility index (Phi) is 3.48. The third kappa shape index (κ3) is 2.56. The van der Waals surface area contributed by atoms with Crippen molar-refractivity contribution in [3.63, 3.8) is 0 Å². The number of fused-ring (bicyclic) bond motifs is 1.